The van der Waals surface area contributed by atoms with E-state index < -0.39 is 0 Å². The molecule has 2 aromatic rings. The number of hydrogen-bond acceptors (Lipinski definition) is 3. The summed E-state index contributed by atoms with van der Waals surface area (Å²) in [5.41, 5.74) is 10.4. The predicted molar refractivity (Wildman–Crippen MR) is 85.6 cm³/mol. The van der Waals surface area contributed by atoms with Gasteiger partial charge in [-0.05, 0) is 30.4 Å². The van der Waals surface area contributed by atoms with Gasteiger partial charge in [-0.15, -0.1) is 0 Å². The molecule has 0 aliphatic rings. The van der Waals surface area contributed by atoms with Crippen molar-refractivity contribution in [1.29, 1.82) is 0 Å². The van der Waals surface area contributed by atoms with Gasteiger partial charge in [0.05, 0.1) is 11.4 Å². The second kappa shape index (κ2) is 5.99. The van der Waals surface area contributed by atoms with Crippen molar-refractivity contribution in [2.75, 3.05) is 11.1 Å². The van der Waals surface area contributed by atoms with E-state index in [9.17, 15) is 4.79 Å². The molecule has 0 saturated carbocycles. The van der Waals surface area contributed by atoms with Crippen LogP contribution in [0.15, 0.2) is 18.2 Å². The molecule has 2 rings (SSSR count). The molecular weight excluding hydrogens is 264 g/mol. The maximum atomic E-state index is 12.4. The van der Waals surface area contributed by atoms with Gasteiger partial charge >= 0.3 is 0 Å². The van der Waals surface area contributed by atoms with Crippen LogP contribution in [-0.4, -0.2) is 16.1 Å². The normalized spacial score (nSPS) is 10.9. The highest BCUT2D eigenvalue weighted by Crippen LogP contribution is 2.28. The number of H-pyrrole nitrogens is 1. The smallest absolute Gasteiger partial charge is 0.278 e. The van der Waals surface area contributed by atoms with Gasteiger partial charge in [0.2, 0.25) is 0 Å². The van der Waals surface area contributed by atoms with Crippen LogP contribution in [-0.2, 0) is 6.42 Å². The third-order valence-electron chi connectivity index (χ3n) is 3.62. The van der Waals surface area contributed by atoms with Crippen molar-refractivity contribution in [3.05, 3.63) is 40.7 Å². The van der Waals surface area contributed by atoms with Crippen molar-refractivity contribution >= 4 is 17.3 Å². The van der Waals surface area contributed by atoms with E-state index in [1.165, 1.54) is 0 Å². The fraction of sp³-hybridized carbons (Fsp3) is 0.375. The summed E-state index contributed by atoms with van der Waals surface area (Å²) in [5, 5.41) is 9.78. The fourth-order valence-corrected chi connectivity index (χ4v) is 2.34. The molecular formula is C16H22N4O. The van der Waals surface area contributed by atoms with Gasteiger partial charge in [0.15, 0.2) is 5.69 Å². The third-order valence-corrected chi connectivity index (χ3v) is 3.62. The van der Waals surface area contributed by atoms with Crippen LogP contribution in [0.4, 0.5) is 11.4 Å². The zero-order valence-corrected chi connectivity index (χ0v) is 12.9. The molecule has 0 atom stereocenters. The van der Waals surface area contributed by atoms with Crippen molar-refractivity contribution < 1.29 is 4.79 Å². The molecule has 1 heterocycles. The number of nitrogens with one attached hydrogen (secondary N) is 2. The lowest BCUT2D eigenvalue weighted by atomic mass is 9.98. The average Bonchev–Trinajstić information content (AvgIpc) is 2.81. The fourth-order valence-electron chi connectivity index (χ4n) is 2.34. The first kappa shape index (κ1) is 15.1. The maximum Gasteiger partial charge on any atom is 0.278 e. The Hall–Kier alpha value is -2.30. The molecule has 0 saturated heterocycles. The molecule has 1 aromatic heterocycles. The lowest BCUT2D eigenvalue weighted by molar-refractivity contribution is 0.102. The third kappa shape index (κ3) is 2.91. The van der Waals surface area contributed by atoms with Crippen LogP contribution in [0.1, 0.15) is 54.0 Å². The predicted octanol–water partition coefficient (Wildman–Crippen LogP) is 3.24. The van der Waals surface area contributed by atoms with E-state index in [0.717, 1.165) is 22.5 Å². The number of nitrogen functional groups attached to an aromatic ring is 1. The summed E-state index contributed by atoms with van der Waals surface area (Å²) < 4.78 is 0. The highest BCUT2D eigenvalue weighted by Gasteiger charge is 2.19. The molecule has 5 heteroatoms. The summed E-state index contributed by atoms with van der Waals surface area (Å²) in [6.07, 6.45) is 0.716. The Labute approximate surface area is 124 Å². The minimum atomic E-state index is -0.278. The van der Waals surface area contributed by atoms with Crippen molar-refractivity contribution in [2.45, 2.75) is 40.0 Å². The zero-order chi connectivity index (χ0) is 15.6. The Morgan fingerprint density at radius 3 is 2.71 bits per heavy atom. The van der Waals surface area contributed by atoms with Crippen LogP contribution in [0.5, 0.6) is 0 Å². The number of anilines is 2. The quantitative estimate of drug-likeness (QED) is 0.806. The average molecular weight is 286 g/mol. The zero-order valence-electron chi connectivity index (χ0n) is 12.9. The summed E-state index contributed by atoms with van der Waals surface area (Å²) in [4.78, 5) is 12.4. The lowest BCUT2D eigenvalue weighted by Gasteiger charge is -2.16. The van der Waals surface area contributed by atoms with Crippen LogP contribution < -0.4 is 11.1 Å². The maximum absolute atomic E-state index is 12.4. The number of amides is 1. The standard InChI is InChI=1S/C16H22N4O/c1-5-12-13(17)15(20-19-12)16(21)18-14-10(4)7-6-8-11(14)9(2)3/h6-9H,5,17H2,1-4H3,(H,18,21)(H,19,20). The Kier molecular flexibility index (Phi) is 4.31. The number of nitrogens with two attached hydrogens (primary N) is 1. The SMILES string of the molecule is CCc1[nH]nc(C(=O)Nc2c(C)cccc2C(C)C)c1N. The topological polar surface area (TPSA) is 83.8 Å². The van der Waals surface area contributed by atoms with Gasteiger partial charge in [0.25, 0.3) is 5.91 Å². The molecule has 21 heavy (non-hydrogen) atoms. The van der Waals surface area contributed by atoms with Crippen molar-refractivity contribution in [2.24, 2.45) is 0 Å². The number of aromatic amines is 1. The molecule has 5 nitrogen and oxygen atoms in total. The summed E-state index contributed by atoms with van der Waals surface area (Å²) in [7, 11) is 0. The Bertz CT molecular complexity index is 658. The van der Waals surface area contributed by atoms with E-state index in [-0.39, 0.29) is 11.6 Å². The number of rotatable bonds is 4. The molecule has 0 aliphatic heterocycles. The van der Waals surface area contributed by atoms with E-state index in [1.807, 2.05) is 32.0 Å². The van der Waals surface area contributed by atoms with Crippen LogP contribution in [0.3, 0.4) is 0 Å². The number of aryl methyl sites for hydroxylation is 2. The van der Waals surface area contributed by atoms with E-state index in [0.29, 0.717) is 18.0 Å². The number of carbonyl (C=O) groups is 1. The van der Waals surface area contributed by atoms with E-state index in [2.05, 4.69) is 29.4 Å². The van der Waals surface area contributed by atoms with Crippen LogP contribution >= 0.6 is 0 Å². The summed E-state index contributed by atoms with van der Waals surface area (Å²) in [5.74, 6) is 0.0441. The Balaban J connectivity index is 2.34. The Morgan fingerprint density at radius 1 is 1.43 bits per heavy atom. The molecule has 0 aliphatic carbocycles. The number of para-hydroxylation sites is 1. The first-order chi connectivity index (χ1) is 9.95. The molecule has 1 amide bonds. The van der Waals surface area contributed by atoms with Gasteiger partial charge in [-0.3, -0.25) is 9.89 Å². The van der Waals surface area contributed by atoms with Crippen molar-refractivity contribution in [3.8, 4) is 0 Å². The van der Waals surface area contributed by atoms with Gasteiger partial charge in [-0.2, -0.15) is 5.10 Å². The number of nitrogens with zero attached hydrogens (tertiary/aromatic N) is 1. The lowest BCUT2D eigenvalue weighted by Crippen LogP contribution is -2.16. The number of benzene rings is 1. The van der Waals surface area contributed by atoms with Crippen LogP contribution in [0.25, 0.3) is 0 Å². The molecule has 1 aromatic carbocycles. The molecule has 0 radical (unpaired) electrons. The van der Waals surface area contributed by atoms with Gasteiger partial charge in [-0.25, -0.2) is 0 Å². The van der Waals surface area contributed by atoms with Crippen molar-refractivity contribution in [1.82, 2.24) is 10.2 Å². The molecule has 4 N–H and O–H groups in total. The first-order valence-corrected chi connectivity index (χ1v) is 7.19. The molecule has 0 fully saturated rings. The highest BCUT2D eigenvalue weighted by atomic mass is 16.2. The van der Waals surface area contributed by atoms with E-state index in [4.69, 9.17) is 5.73 Å². The summed E-state index contributed by atoms with van der Waals surface area (Å²) in [6.45, 7) is 8.14. The second-order valence-corrected chi connectivity index (χ2v) is 5.47. The second-order valence-electron chi connectivity index (χ2n) is 5.47. The summed E-state index contributed by atoms with van der Waals surface area (Å²) in [6, 6.07) is 6.00. The molecule has 0 unspecified atom stereocenters. The largest absolute Gasteiger partial charge is 0.395 e. The molecule has 0 spiro atoms. The number of carbonyl (C=O) groups excluding carboxylic acids is 1. The first-order valence-electron chi connectivity index (χ1n) is 7.19. The van der Waals surface area contributed by atoms with E-state index >= 15 is 0 Å². The highest BCUT2D eigenvalue weighted by molar-refractivity contribution is 6.07. The van der Waals surface area contributed by atoms with Gasteiger partial charge < -0.3 is 11.1 Å². The minimum Gasteiger partial charge on any atom is -0.395 e. The van der Waals surface area contributed by atoms with Gasteiger partial charge in [0, 0.05) is 5.69 Å². The number of aromatic nitrogens is 2. The van der Waals surface area contributed by atoms with Crippen LogP contribution in [0.2, 0.25) is 0 Å². The minimum absolute atomic E-state index is 0.254. The molecule has 112 valence electrons. The number of hydrogen-bond donors (Lipinski definition) is 3. The van der Waals surface area contributed by atoms with E-state index in [1.54, 1.807) is 0 Å². The van der Waals surface area contributed by atoms with Gasteiger partial charge in [0.1, 0.15) is 0 Å². The summed E-state index contributed by atoms with van der Waals surface area (Å²) >= 11 is 0. The van der Waals surface area contributed by atoms with Gasteiger partial charge in [-0.1, -0.05) is 39.0 Å². The Morgan fingerprint density at radius 2 is 2.14 bits per heavy atom. The monoisotopic (exact) mass is 286 g/mol. The molecule has 0 bridgehead atoms. The van der Waals surface area contributed by atoms with Crippen molar-refractivity contribution in [3.63, 3.8) is 0 Å². The van der Waals surface area contributed by atoms with Crippen LogP contribution in [0, 0.1) is 6.92 Å².